The number of para-hydroxylation sites is 1. The molecule has 30 heavy (non-hydrogen) atoms. The summed E-state index contributed by atoms with van der Waals surface area (Å²) in [5.74, 6) is 1.63. The van der Waals surface area contributed by atoms with Crippen molar-refractivity contribution >= 4 is 16.8 Å². The molecule has 0 saturated heterocycles. The van der Waals surface area contributed by atoms with Gasteiger partial charge in [-0.25, -0.2) is 9.97 Å². The Balaban J connectivity index is 1.33. The van der Waals surface area contributed by atoms with E-state index in [0.29, 0.717) is 22.6 Å². The normalized spacial score (nSPS) is 10.8. The highest BCUT2D eigenvalue weighted by atomic mass is 16.5. The Morgan fingerprint density at radius 2 is 1.97 bits per heavy atom. The quantitative estimate of drug-likeness (QED) is 0.486. The lowest BCUT2D eigenvalue weighted by Crippen LogP contribution is -2.27. The number of nitrogens with one attached hydrogen (secondary N) is 2. The summed E-state index contributed by atoms with van der Waals surface area (Å²) in [7, 11) is 1.61. The van der Waals surface area contributed by atoms with Crippen molar-refractivity contribution in [2.45, 2.75) is 19.5 Å². The molecule has 4 rings (SSSR count). The maximum absolute atomic E-state index is 12.5. The summed E-state index contributed by atoms with van der Waals surface area (Å²) >= 11 is 0. The van der Waals surface area contributed by atoms with Crippen LogP contribution in [0.2, 0.25) is 0 Å². The number of ether oxygens (including phenoxy) is 1. The molecule has 0 aliphatic carbocycles. The van der Waals surface area contributed by atoms with Gasteiger partial charge in [0.25, 0.3) is 5.56 Å². The smallest absolute Gasteiger partial charge is 0.261 e. The fourth-order valence-corrected chi connectivity index (χ4v) is 3.00. The average Bonchev–Trinajstić information content (AvgIpc) is 3.26. The molecule has 2 aromatic heterocycles. The Kier molecular flexibility index (Phi) is 5.51. The van der Waals surface area contributed by atoms with Crippen LogP contribution in [0.3, 0.4) is 0 Å². The monoisotopic (exact) mass is 404 g/mol. The van der Waals surface area contributed by atoms with Gasteiger partial charge in [-0.15, -0.1) is 0 Å². The standard InChI is InChI=1S/C21H20N6O3/c1-30-15-8-6-14(7-9-15)20-24-18(25-26-20)12-22-19(28)10-11-27-13-23-17-5-3-2-4-16(17)21(27)29/h2-9,13H,10-12H2,1H3,(H,22,28)(H,24,25,26). The van der Waals surface area contributed by atoms with E-state index in [1.165, 1.54) is 10.9 Å². The molecule has 0 fully saturated rings. The van der Waals surface area contributed by atoms with Gasteiger partial charge in [0.15, 0.2) is 5.82 Å². The molecule has 0 aliphatic heterocycles. The number of aromatic amines is 1. The minimum Gasteiger partial charge on any atom is -0.497 e. The van der Waals surface area contributed by atoms with Gasteiger partial charge >= 0.3 is 0 Å². The number of H-pyrrole nitrogens is 1. The molecular formula is C21H20N6O3. The molecule has 0 radical (unpaired) electrons. The molecule has 152 valence electrons. The van der Waals surface area contributed by atoms with Crippen LogP contribution in [0.1, 0.15) is 12.2 Å². The van der Waals surface area contributed by atoms with Crippen LogP contribution >= 0.6 is 0 Å². The molecule has 0 bridgehead atoms. The largest absolute Gasteiger partial charge is 0.497 e. The molecule has 9 nitrogen and oxygen atoms in total. The lowest BCUT2D eigenvalue weighted by Gasteiger charge is -2.07. The van der Waals surface area contributed by atoms with Crippen LogP contribution in [0.5, 0.6) is 5.75 Å². The molecule has 0 unspecified atom stereocenters. The Morgan fingerprint density at radius 1 is 1.17 bits per heavy atom. The molecule has 2 heterocycles. The van der Waals surface area contributed by atoms with E-state index in [9.17, 15) is 9.59 Å². The van der Waals surface area contributed by atoms with E-state index in [4.69, 9.17) is 4.74 Å². The van der Waals surface area contributed by atoms with Crippen molar-refractivity contribution in [2.24, 2.45) is 0 Å². The summed E-state index contributed by atoms with van der Waals surface area (Å²) in [6.07, 6.45) is 1.62. The Labute approximate surface area is 171 Å². The molecule has 9 heteroatoms. The zero-order valence-electron chi connectivity index (χ0n) is 16.3. The van der Waals surface area contributed by atoms with Crippen LogP contribution in [-0.2, 0) is 17.9 Å². The van der Waals surface area contributed by atoms with Gasteiger partial charge in [0, 0.05) is 18.5 Å². The van der Waals surface area contributed by atoms with E-state index >= 15 is 0 Å². The number of nitrogens with zero attached hydrogens (tertiary/aromatic N) is 4. The second-order valence-electron chi connectivity index (χ2n) is 6.62. The lowest BCUT2D eigenvalue weighted by molar-refractivity contribution is -0.121. The van der Waals surface area contributed by atoms with Gasteiger partial charge in [0.2, 0.25) is 5.91 Å². The van der Waals surface area contributed by atoms with Gasteiger partial charge in [-0.05, 0) is 36.4 Å². The number of aryl methyl sites for hydroxylation is 1. The number of benzene rings is 2. The van der Waals surface area contributed by atoms with Gasteiger partial charge in [-0.1, -0.05) is 12.1 Å². The van der Waals surface area contributed by atoms with Crippen molar-refractivity contribution in [3.8, 4) is 17.1 Å². The van der Waals surface area contributed by atoms with Crippen LogP contribution in [0.4, 0.5) is 0 Å². The third kappa shape index (κ3) is 4.19. The van der Waals surface area contributed by atoms with Gasteiger partial charge < -0.3 is 10.1 Å². The van der Waals surface area contributed by atoms with Gasteiger partial charge in [-0.2, -0.15) is 5.10 Å². The van der Waals surface area contributed by atoms with Crippen LogP contribution in [0.25, 0.3) is 22.3 Å². The minimum absolute atomic E-state index is 0.152. The second kappa shape index (κ2) is 8.56. The summed E-state index contributed by atoms with van der Waals surface area (Å²) in [6, 6.07) is 14.5. The van der Waals surface area contributed by atoms with Crippen molar-refractivity contribution in [1.29, 1.82) is 0 Å². The van der Waals surface area contributed by atoms with Crippen LogP contribution in [-0.4, -0.2) is 37.7 Å². The molecule has 1 amide bonds. The van der Waals surface area contributed by atoms with E-state index in [-0.39, 0.29) is 31.0 Å². The third-order valence-corrected chi connectivity index (χ3v) is 4.64. The van der Waals surface area contributed by atoms with Crippen molar-refractivity contribution in [3.05, 3.63) is 71.0 Å². The predicted molar refractivity (Wildman–Crippen MR) is 111 cm³/mol. The van der Waals surface area contributed by atoms with Crippen molar-refractivity contribution in [1.82, 2.24) is 30.0 Å². The molecule has 0 aliphatic rings. The lowest BCUT2D eigenvalue weighted by atomic mass is 10.2. The molecule has 0 spiro atoms. The number of hydrogen-bond donors (Lipinski definition) is 2. The van der Waals surface area contributed by atoms with Crippen molar-refractivity contribution in [2.75, 3.05) is 7.11 Å². The molecule has 4 aromatic rings. The van der Waals surface area contributed by atoms with E-state index in [2.05, 4.69) is 25.5 Å². The van der Waals surface area contributed by atoms with Gasteiger partial charge in [0.05, 0.1) is 30.9 Å². The number of amides is 1. The number of rotatable bonds is 7. The van der Waals surface area contributed by atoms with E-state index in [1.54, 1.807) is 25.3 Å². The first kappa shape index (κ1) is 19.3. The Hall–Kier alpha value is -4.01. The predicted octanol–water partition coefficient (Wildman–Crippen LogP) is 1.90. The SMILES string of the molecule is COc1ccc(-c2n[nH]c(CNC(=O)CCn3cnc4ccccc4c3=O)n2)cc1. The number of fused-ring (bicyclic) bond motifs is 1. The Bertz CT molecular complexity index is 1230. The molecule has 2 aromatic carbocycles. The van der Waals surface area contributed by atoms with Crippen molar-refractivity contribution in [3.63, 3.8) is 0 Å². The number of methoxy groups -OCH3 is 1. The third-order valence-electron chi connectivity index (χ3n) is 4.64. The van der Waals surface area contributed by atoms with Gasteiger partial charge in [0.1, 0.15) is 11.6 Å². The first-order valence-electron chi connectivity index (χ1n) is 9.40. The summed E-state index contributed by atoms with van der Waals surface area (Å²) in [5, 5.41) is 10.3. The first-order chi connectivity index (χ1) is 14.6. The van der Waals surface area contributed by atoms with E-state index < -0.39 is 0 Å². The zero-order valence-corrected chi connectivity index (χ0v) is 16.3. The number of hydrogen-bond acceptors (Lipinski definition) is 6. The minimum atomic E-state index is -0.197. The summed E-state index contributed by atoms with van der Waals surface area (Å²) in [4.78, 5) is 33.3. The van der Waals surface area contributed by atoms with E-state index in [0.717, 1.165) is 11.3 Å². The Morgan fingerprint density at radius 3 is 2.77 bits per heavy atom. The summed E-state index contributed by atoms with van der Waals surface area (Å²) in [6.45, 7) is 0.461. The average molecular weight is 404 g/mol. The highest BCUT2D eigenvalue weighted by Gasteiger charge is 2.09. The fraction of sp³-hybridized carbons (Fsp3) is 0.190. The number of carbonyl (C=O) groups is 1. The number of carbonyl (C=O) groups excluding carboxylic acids is 1. The highest BCUT2D eigenvalue weighted by molar-refractivity contribution is 5.77. The van der Waals surface area contributed by atoms with E-state index in [1.807, 2.05) is 30.3 Å². The summed E-state index contributed by atoms with van der Waals surface area (Å²) < 4.78 is 6.58. The van der Waals surface area contributed by atoms with Crippen LogP contribution in [0, 0.1) is 0 Å². The van der Waals surface area contributed by atoms with Crippen LogP contribution in [0.15, 0.2) is 59.7 Å². The maximum atomic E-state index is 12.5. The second-order valence-corrected chi connectivity index (χ2v) is 6.62. The maximum Gasteiger partial charge on any atom is 0.261 e. The first-order valence-corrected chi connectivity index (χ1v) is 9.40. The molecule has 0 saturated carbocycles. The van der Waals surface area contributed by atoms with Crippen LogP contribution < -0.4 is 15.6 Å². The fourth-order valence-electron chi connectivity index (χ4n) is 3.00. The van der Waals surface area contributed by atoms with Gasteiger partial charge in [-0.3, -0.25) is 19.3 Å². The molecule has 2 N–H and O–H groups in total. The number of aromatic nitrogens is 5. The summed E-state index contributed by atoms with van der Waals surface area (Å²) in [5.41, 5.74) is 1.32. The topological polar surface area (TPSA) is 115 Å². The zero-order chi connectivity index (χ0) is 20.9. The van der Waals surface area contributed by atoms with Crippen molar-refractivity contribution < 1.29 is 9.53 Å². The molecular weight excluding hydrogens is 384 g/mol. The molecule has 0 atom stereocenters. The highest BCUT2D eigenvalue weighted by Crippen LogP contribution is 2.18.